The van der Waals surface area contributed by atoms with Crippen LogP contribution in [-0.2, 0) is 6.61 Å². The molecular formula is C17H20N2O3S. The number of para-hydroxylation sites is 1. The number of hydrogen-bond acceptors (Lipinski definition) is 5. The molecule has 1 amide bonds. The maximum Gasteiger partial charge on any atom is 0.257 e. The summed E-state index contributed by atoms with van der Waals surface area (Å²) in [5.41, 5.74) is 3.19. The van der Waals surface area contributed by atoms with Gasteiger partial charge >= 0.3 is 0 Å². The molecule has 1 N–H and O–H groups in total. The van der Waals surface area contributed by atoms with Gasteiger partial charge in [-0.25, -0.2) is 4.98 Å². The first-order chi connectivity index (χ1) is 11.3. The molecule has 1 aliphatic rings. The summed E-state index contributed by atoms with van der Waals surface area (Å²) in [6.07, 6.45) is 1.90. The van der Waals surface area contributed by atoms with Gasteiger partial charge in [-0.15, -0.1) is 11.3 Å². The van der Waals surface area contributed by atoms with Crippen molar-refractivity contribution >= 4 is 17.2 Å². The maximum atomic E-state index is 12.8. The number of carbonyl (C=O) groups excluding carboxylic acids is 1. The summed E-state index contributed by atoms with van der Waals surface area (Å²) in [4.78, 5) is 18.8. The molecule has 1 saturated heterocycles. The third kappa shape index (κ3) is 3.89. The Morgan fingerprint density at radius 1 is 1.43 bits per heavy atom. The van der Waals surface area contributed by atoms with Crippen molar-refractivity contribution in [2.45, 2.75) is 19.4 Å². The summed E-state index contributed by atoms with van der Waals surface area (Å²) in [6.45, 7) is 1.82. The summed E-state index contributed by atoms with van der Waals surface area (Å²) in [5, 5.41) is 11.3. The number of aliphatic hydroxyl groups is 1. The van der Waals surface area contributed by atoms with Crippen LogP contribution in [0.3, 0.4) is 0 Å². The van der Waals surface area contributed by atoms with E-state index in [4.69, 9.17) is 4.74 Å². The number of piperidine rings is 1. The molecule has 0 spiro atoms. The van der Waals surface area contributed by atoms with E-state index in [2.05, 4.69) is 4.98 Å². The summed E-state index contributed by atoms with van der Waals surface area (Å²) in [6, 6.07) is 7.31. The van der Waals surface area contributed by atoms with Crippen LogP contribution in [0.2, 0.25) is 0 Å². The van der Waals surface area contributed by atoms with Crippen LogP contribution in [0, 0.1) is 5.92 Å². The number of aromatic nitrogens is 1. The second-order valence-corrected chi connectivity index (χ2v) is 6.43. The number of likely N-dealkylation sites (tertiary alicyclic amines) is 1. The first-order valence-electron chi connectivity index (χ1n) is 7.77. The predicted molar refractivity (Wildman–Crippen MR) is 88.6 cm³/mol. The van der Waals surface area contributed by atoms with Crippen LogP contribution in [0.25, 0.3) is 0 Å². The minimum absolute atomic E-state index is 0.0305. The van der Waals surface area contributed by atoms with Crippen molar-refractivity contribution in [3.05, 3.63) is 46.4 Å². The summed E-state index contributed by atoms with van der Waals surface area (Å²) in [5.74, 6) is 0.726. The van der Waals surface area contributed by atoms with Gasteiger partial charge in [-0.05, 0) is 30.9 Å². The van der Waals surface area contributed by atoms with Gasteiger partial charge in [0.15, 0.2) is 0 Å². The lowest BCUT2D eigenvalue weighted by Gasteiger charge is -2.32. The Morgan fingerprint density at radius 3 is 3.09 bits per heavy atom. The van der Waals surface area contributed by atoms with E-state index < -0.39 is 0 Å². The zero-order valence-electron chi connectivity index (χ0n) is 12.9. The van der Waals surface area contributed by atoms with Crippen LogP contribution in [0.5, 0.6) is 5.75 Å². The molecule has 1 aliphatic heterocycles. The molecule has 0 radical (unpaired) electrons. The molecule has 2 heterocycles. The third-order valence-electron chi connectivity index (χ3n) is 4.04. The number of nitrogens with zero attached hydrogens (tertiary/aromatic N) is 2. The first-order valence-corrected chi connectivity index (χ1v) is 8.71. The SMILES string of the molecule is O=C(c1ccccc1OCc1cscn1)N1CCCC(CO)C1. The molecule has 3 rings (SSSR count). The molecule has 5 nitrogen and oxygen atoms in total. The van der Waals surface area contributed by atoms with Crippen molar-refractivity contribution in [1.29, 1.82) is 0 Å². The average molecular weight is 332 g/mol. The van der Waals surface area contributed by atoms with Crippen molar-refractivity contribution in [2.24, 2.45) is 5.92 Å². The molecule has 1 unspecified atom stereocenters. The van der Waals surface area contributed by atoms with Crippen LogP contribution < -0.4 is 4.74 Å². The molecule has 1 atom stereocenters. The Bertz CT molecular complexity index is 645. The van der Waals surface area contributed by atoms with E-state index >= 15 is 0 Å². The lowest BCUT2D eigenvalue weighted by molar-refractivity contribution is 0.0616. The quantitative estimate of drug-likeness (QED) is 0.914. The molecule has 0 bridgehead atoms. The van der Waals surface area contributed by atoms with E-state index in [-0.39, 0.29) is 18.4 Å². The molecule has 23 heavy (non-hydrogen) atoms. The minimum Gasteiger partial charge on any atom is -0.486 e. The van der Waals surface area contributed by atoms with Crippen LogP contribution in [0.15, 0.2) is 35.2 Å². The van der Waals surface area contributed by atoms with Gasteiger partial charge in [-0.3, -0.25) is 4.79 Å². The number of aliphatic hydroxyl groups excluding tert-OH is 1. The third-order valence-corrected chi connectivity index (χ3v) is 4.68. The molecule has 1 fully saturated rings. The fraction of sp³-hybridized carbons (Fsp3) is 0.412. The Balaban J connectivity index is 1.72. The highest BCUT2D eigenvalue weighted by Crippen LogP contribution is 2.24. The van der Waals surface area contributed by atoms with Gasteiger partial charge in [-0.2, -0.15) is 0 Å². The number of amides is 1. The number of carbonyl (C=O) groups is 1. The fourth-order valence-corrected chi connectivity index (χ4v) is 3.34. The van der Waals surface area contributed by atoms with Gasteiger partial charge in [0, 0.05) is 25.1 Å². The molecule has 1 aromatic heterocycles. The largest absolute Gasteiger partial charge is 0.486 e. The van der Waals surface area contributed by atoms with Crippen molar-refractivity contribution < 1.29 is 14.6 Å². The topological polar surface area (TPSA) is 62.7 Å². The van der Waals surface area contributed by atoms with Gasteiger partial charge in [-0.1, -0.05) is 12.1 Å². The average Bonchev–Trinajstić information content (AvgIpc) is 3.13. The normalized spacial score (nSPS) is 18.0. The molecule has 0 saturated carbocycles. The monoisotopic (exact) mass is 332 g/mol. The van der Waals surface area contributed by atoms with Gasteiger partial charge in [0.05, 0.1) is 16.8 Å². The Labute approximate surface area is 139 Å². The summed E-state index contributed by atoms with van der Waals surface area (Å²) in [7, 11) is 0. The summed E-state index contributed by atoms with van der Waals surface area (Å²) < 4.78 is 5.79. The standard InChI is InChI=1S/C17H20N2O3S/c20-9-13-4-3-7-19(8-13)17(21)15-5-1-2-6-16(15)22-10-14-11-23-12-18-14/h1-2,5-6,11-13,20H,3-4,7-10H2. The van der Waals surface area contributed by atoms with Crippen molar-refractivity contribution in [3.8, 4) is 5.75 Å². The van der Waals surface area contributed by atoms with Crippen molar-refractivity contribution in [2.75, 3.05) is 19.7 Å². The van der Waals surface area contributed by atoms with Crippen molar-refractivity contribution in [1.82, 2.24) is 9.88 Å². The Hall–Kier alpha value is -1.92. The van der Waals surface area contributed by atoms with Crippen LogP contribution >= 0.6 is 11.3 Å². The molecule has 1 aromatic carbocycles. The van der Waals surface area contributed by atoms with Gasteiger partial charge in [0.2, 0.25) is 0 Å². The Morgan fingerprint density at radius 2 is 2.30 bits per heavy atom. The highest BCUT2D eigenvalue weighted by atomic mass is 32.1. The highest BCUT2D eigenvalue weighted by Gasteiger charge is 2.25. The zero-order valence-corrected chi connectivity index (χ0v) is 13.7. The zero-order chi connectivity index (χ0) is 16.1. The second kappa shape index (κ2) is 7.57. The fourth-order valence-electron chi connectivity index (χ4n) is 2.80. The molecule has 0 aliphatic carbocycles. The van der Waals surface area contributed by atoms with Gasteiger partial charge < -0.3 is 14.7 Å². The highest BCUT2D eigenvalue weighted by molar-refractivity contribution is 7.07. The van der Waals surface area contributed by atoms with Crippen LogP contribution in [0.4, 0.5) is 0 Å². The number of thiazole rings is 1. The van der Waals surface area contributed by atoms with Gasteiger partial charge in [0.1, 0.15) is 12.4 Å². The first kappa shape index (κ1) is 16.0. The van der Waals surface area contributed by atoms with Crippen LogP contribution in [-0.4, -0.2) is 40.6 Å². The van der Waals surface area contributed by atoms with E-state index in [0.29, 0.717) is 24.5 Å². The van der Waals surface area contributed by atoms with Crippen LogP contribution in [0.1, 0.15) is 28.9 Å². The number of hydrogen-bond donors (Lipinski definition) is 1. The van der Waals surface area contributed by atoms with Gasteiger partial charge in [0.25, 0.3) is 5.91 Å². The lowest BCUT2D eigenvalue weighted by atomic mass is 9.98. The van der Waals surface area contributed by atoms with E-state index in [1.165, 1.54) is 11.3 Å². The molecule has 122 valence electrons. The van der Waals surface area contributed by atoms with E-state index in [0.717, 1.165) is 25.1 Å². The number of benzene rings is 1. The van der Waals surface area contributed by atoms with E-state index in [9.17, 15) is 9.90 Å². The Kier molecular flexibility index (Phi) is 5.25. The van der Waals surface area contributed by atoms with E-state index in [1.54, 1.807) is 11.6 Å². The minimum atomic E-state index is -0.0305. The lowest BCUT2D eigenvalue weighted by Crippen LogP contribution is -2.41. The molecular weight excluding hydrogens is 312 g/mol. The number of ether oxygens (including phenoxy) is 1. The molecule has 6 heteroatoms. The van der Waals surface area contributed by atoms with E-state index in [1.807, 2.05) is 28.5 Å². The maximum absolute atomic E-state index is 12.8. The smallest absolute Gasteiger partial charge is 0.257 e. The molecule has 2 aromatic rings. The predicted octanol–water partition coefficient (Wildman–Crippen LogP) is 2.57. The second-order valence-electron chi connectivity index (χ2n) is 5.71. The van der Waals surface area contributed by atoms with Crippen molar-refractivity contribution in [3.63, 3.8) is 0 Å². The number of rotatable bonds is 5. The summed E-state index contributed by atoms with van der Waals surface area (Å²) >= 11 is 1.52.